The number of rotatable bonds is 10. The standard InChI is InChI=1S/C28H35N7O/c1-21(2)30-28(36)20-34-19-24(18-29-34)25-8-5-9-27-31-26(32-35(25)27)17-23-12-10-22(11-13-23)7-6-16-33-14-3-4-15-33/h5,8-13,18-19,21H,3-4,6-7,14-17,20H2,1-2H3,(H,30,36). The Balaban J connectivity index is 1.24. The normalized spacial score (nSPS) is 14.2. The van der Waals surface area contributed by atoms with E-state index < -0.39 is 0 Å². The molecule has 188 valence electrons. The Morgan fingerprint density at radius 1 is 1.06 bits per heavy atom. The van der Waals surface area contributed by atoms with Gasteiger partial charge >= 0.3 is 0 Å². The monoisotopic (exact) mass is 485 g/mol. The first-order valence-corrected chi connectivity index (χ1v) is 13.0. The summed E-state index contributed by atoms with van der Waals surface area (Å²) in [7, 11) is 0. The highest BCUT2D eigenvalue weighted by Crippen LogP contribution is 2.20. The molecular formula is C28H35N7O. The van der Waals surface area contributed by atoms with E-state index in [1.165, 1.54) is 50.0 Å². The fourth-order valence-electron chi connectivity index (χ4n) is 4.86. The van der Waals surface area contributed by atoms with Gasteiger partial charge in [-0.05, 0) is 82.4 Å². The van der Waals surface area contributed by atoms with Gasteiger partial charge in [0.25, 0.3) is 0 Å². The lowest BCUT2D eigenvalue weighted by molar-refractivity contribution is -0.122. The molecule has 0 atom stereocenters. The Morgan fingerprint density at radius 3 is 2.61 bits per heavy atom. The van der Waals surface area contributed by atoms with Crippen LogP contribution < -0.4 is 5.32 Å². The predicted octanol–water partition coefficient (Wildman–Crippen LogP) is 3.74. The molecule has 4 heterocycles. The lowest BCUT2D eigenvalue weighted by atomic mass is 10.1. The number of hydrogen-bond acceptors (Lipinski definition) is 5. The predicted molar refractivity (Wildman–Crippen MR) is 141 cm³/mol. The molecule has 1 aliphatic rings. The van der Waals surface area contributed by atoms with Crippen molar-refractivity contribution < 1.29 is 4.79 Å². The Morgan fingerprint density at radius 2 is 1.83 bits per heavy atom. The summed E-state index contributed by atoms with van der Waals surface area (Å²) in [6.07, 6.45) is 9.38. The molecule has 1 amide bonds. The number of amides is 1. The average Bonchev–Trinajstić information content (AvgIpc) is 3.60. The third-order valence-electron chi connectivity index (χ3n) is 6.61. The zero-order chi connectivity index (χ0) is 24.9. The van der Waals surface area contributed by atoms with Gasteiger partial charge in [0.1, 0.15) is 6.54 Å². The first kappa shape index (κ1) is 24.2. The van der Waals surface area contributed by atoms with Crippen LogP contribution in [0.5, 0.6) is 0 Å². The number of likely N-dealkylation sites (tertiary alicyclic amines) is 1. The van der Waals surface area contributed by atoms with Crippen LogP contribution in [0.4, 0.5) is 0 Å². The zero-order valence-electron chi connectivity index (χ0n) is 21.2. The quantitative estimate of drug-likeness (QED) is 0.370. The minimum atomic E-state index is -0.0569. The molecule has 0 unspecified atom stereocenters. The molecule has 8 heteroatoms. The molecule has 1 N–H and O–H groups in total. The van der Waals surface area contributed by atoms with Crippen molar-refractivity contribution in [3.05, 3.63) is 71.8 Å². The summed E-state index contributed by atoms with van der Waals surface area (Å²) in [6, 6.07) is 14.9. The van der Waals surface area contributed by atoms with Gasteiger partial charge < -0.3 is 10.2 Å². The molecular weight excluding hydrogens is 450 g/mol. The molecule has 0 radical (unpaired) electrons. The zero-order valence-corrected chi connectivity index (χ0v) is 21.2. The fraction of sp³-hybridized carbons (Fsp3) is 0.429. The van der Waals surface area contributed by atoms with Crippen molar-refractivity contribution in [1.29, 1.82) is 0 Å². The van der Waals surface area contributed by atoms with Crippen LogP contribution >= 0.6 is 0 Å². The Labute approximate surface area is 212 Å². The average molecular weight is 486 g/mol. The molecule has 0 bridgehead atoms. The molecule has 4 aromatic rings. The molecule has 3 aromatic heterocycles. The van der Waals surface area contributed by atoms with E-state index in [4.69, 9.17) is 10.1 Å². The molecule has 1 aromatic carbocycles. The third kappa shape index (κ3) is 5.99. The van der Waals surface area contributed by atoms with Crippen LogP contribution in [-0.2, 0) is 24.2 Å². The van der Waals surface area contributed by atoms with E-state index in [1.807, 2.05) is 42.8 Å². The van der Waals surface area contributed by atoms with E-state index in [-0.39, 0.29) is 18.5 Å². The lowest BCUT2D eigenvalue weighted by Crippen LogP contribution is -2.33. The number of nitrogens with zero attached hydrogens (tertiary/aromatic N) is 6. The van der Waals surface area contributed by atoms with Crippen molar-refractivity contribution in [2.75, 3.05) is 19.6 Å². The van der Waals surface area contributed by atoms with Gasteiger partial charge in [-0.3, -0.25) is 9.48 Å². The topological polar surface area (TPSA) is 80.4 Å². The van der Waals surface area contributed by atoms with Crippen molar-refractivity contribution in [3.8, 4) is 11.3 Å². The van der Waals surface area contributed by atoms with Gasteiger partial charge in [0.2, 0.25) is 5.91 Å². The fourth-order valence-corrected chi connectivity index (χ4v) is 4.86. The molecule has 1 saturated heterocycles. The van der Waals surface area contributed by atoms with Crippen LogP contribution in [0.25, 0.3) is 16.9 Å². The molecule has 8 nitrogen and oxygen atoms in total. The van der Waals surface area contributed by atoms with Crippen molar-refractivity contribution in [1.82, 2.24) is 34.6 Å². The van der Waals surface area contributed by atoms with Crippen LogP contribution in [0, 0.1) is 0 Å². The number of benzene rings is 1. The van der Waals surface area contributed by atoms with Crippen LogP contribution in [0.2, 0.25) is 0 Å². The van der Waals surface area contributed by atoms with Crippen molar-refractivity contribution in [3.63, 3.8) is 0 Å². The van der Waals surface area contributed by atoms with E-state index in [2.05, 4.69) is 39.6 Å². The molecule has 5 rings (SSSR count). The SMILES string of the molecule is CC(C)NC(=O)Cn1cc(-c2cccc3nc(Cc4ccc(CCCN5CCCC5)cc4)nn23)cn1. The van der Waals surface area contributed by atoms with Gasteiger partial charge in [0.15, 0.2) is 11.5 Å². The molecule has 0 saturated carbocycles. The number of carbonyl (C=O) groups excluding carboxylic acids is 1. The van der Waals surface area contributed by atoms with E-state index >= 15 is 0 Å². The van der Waals surface area contributed by atoms with Crippen LogP contribution in [0.15, 0.2) is 54.9 Å². The van der Waals surface area contributed by atoms with Gasteiger partial charge in [-0.2, -0.15) is 10.2 Å². The van der Waals surface area contributed by atoms with Crippen molar-refractivity contribution in [2.24, 2.45) is 0 Å². The van der Waals surface area contributed by atoms with Crippen molar-refractivity contribution >= 4 is 11.6 Å². The largest absolute Gasteiger partial charge is 0.352 e. The van der Waals surface area contributed by atoms with Gasteiger partial charge in [0, 0.05) is 24.2 Å². The van der Waals surface area contributed by atoms with Crippen LogP contribution in [0.3, 0.4) is 0 Å². The number of aryl methyl sites for hydroxylation is 1. The summed E-state index contributed by atoms with van der Waals surface area (Å²) in [6.45, 7) is 7.82. The number of aromatic nitrogens is 5. The maximum absolute atomic E-state index is 12.1. The van der Waals surface area contributed by atoms with Gasteiger partial charge in [-0.1, -0.05) is 30.3 Å². The van der Waals surface area contributed by atoms with E-state index in [0.29, 0.717) is 6.42 Å². The second-order valence-corrected chi connectivity index (χ2v) is 10.0. The maximum Gasteiger partial charge on any atom is 0.241 e. The van der Waals surface area contributed by atoms with Crippen LogP contribution in [-0.4, -0.2) is 60.9 Å². The van der Waals surface area contributed by atoms with E-state index in [9.17, 15) is 4.79 Å². The second-order valence-electron chi connectivity index (χ2n) is 10.0. The summed E-state index contributed by atoms with van der Waals surface area (Å²) in [5, 5.41) is 12.1. The minimum Gasteiger partial charge on any atom is -0.352 e. The summed E-state index contributed by atoms with van der Waals surface area (Å²) >= 11 is 0. The Kier molecular flexibility index (Phi) is 7.41. The summed E-state index contributed by atoms with van der Waals surface area (Å²) in [5.74, 6) is 0.728. The van der Waals surface area contributed by atoms with Crippen molar-refractivity contribution in [2.45, 2.75) is 58.5 Å². The maximum atomic E-state index is 12.1. The highest BCUT2D eigenvalue weighted by molar-refractivity contribution is 5.76. The highest BCUT2D eigenvalue weighted by atomic mass is 16.2. The first-order valence-electron chi connectivity index (χ1n) is 13.0. The van der Waals surface area contributed by atoms with Gasteiger partial charge in [-0.15, -0.1) is 0 Å². The van der Waals surface area contributed by atoms with E-state index in [0.717, 1.165) is 29.1 Å². The van der Waals surface area contributed by atoms with Crippen LogP contribution in [0.1, 0.15) is 50.1 Å². The first-order chi connectivity index (χ1) is 17.5. The smallest absolute Gasteiger partial charge is 0.241 e. The third-order valence-corrected chi connectivity index (χ3v) is 6.61. The molecule has 0 aliphatic carbocycles. The molecule has 36 heavy (non-hydrogen) atoms. The Bertz CT molecular complexity index is 1300. The Hall–Kier alpha value is -3.52. The summed E-state index contributed by atoms with van der Waals surface area (Å²) < 4.78 is 3.51. The highest BCUT2D eigenvalue weighted by Gasteiger charge is 2.13. The number of nitrogens with one attached hydrogen (secondary N) is 1. The minimum absolute atomic E-state index is 0.0569. The molecule has 1 fully saturated rings. The second kappa shape index (κ2) is 11.0. The molecule has 0 spiro atoms. The van der Waals surface area contributed by atoms with E-state index in [1.54, 1.807) is 10.9 Å². The number of fused-ring (bicyclic) bond motifs is 1. The molecule has 1 aliphatic heterocycles. The lowest BCUT2D eigenvalue weighted by Gasteiger charge is -2.13. The summed E-state index contributed by atoms with van der Waals surface area (Å²) in [4.78, 5) is 19.4. The number of hydrogen-bond donors (Lipinski definition) is 1. The summed E-state index contributed by atoms with van der Waals surface area (Å²) in [5.41, 5.74) is 5.19. The van der Waals surface area contributed by atoms with Gasteiger partial charge in [-0.25, -0.2) is 9.50 Å². The number of carbonyl (C=O) groups is 1. The van der Waals surface area contributed by atoms with Gasteiger partial charge in [0.05, 0.1) is 11.9 Å². The number of pyridine rings is 1.